The molecular weight excluding hydrogens is 126 g/mol. The van der Waals surface area contributed by atoms with Gasteiger partial charge in [-0.2, -0.15) is 0 Å². The van der Waals surface area contributed by atoms with Crippen molar-refractivity contribution < 1.29 is 0 Å². The first-order chi connectivity index (χ1) is 4.84. The van der Waals surface area contributed by atoms with Crippen LogP contribution in [0.4, 0.5) is 0 Å². The van der Waals surface area contributed by atoms with E-state index in [1.165, 1.54) is 0 Å². The lowest BCUT2D eigenvalue weighted by atomic mass is 10.7. The van der Waals surface area contributed by atoms with Crippen molar-refractivity contribution in [3.63, 3.8) is 0 Å². The molecule has 0 unspecified atom stereocenters. The zero-order valence-corrected chi connectivity index (χ0v) is 6.07. The highest BCUT2D eigenvalue weighted by Gasteiger charge is 2.13. The number of fused-ring (bicyclic) bond motifs is 2. The van der Waals surface area contributed by atoms with Gasteiger partial charge in [-0.3, -0.25) is 0 Å². The minimum absolute atomic E-state index is 0.990. The van der Waals surface area contributed by atoms with Gasteiger partial charge in [0.05, 0.1) is 13.3 Å². The quantitative estimate of drug-likeness (QED) is 0.478. The van der Waals surface area contributed by atoms with Crippen molar-refractivity contribution >= 4 is 0 Å². The van der Waals surface area contributed by atoms with Crippen LogP contribution in [0.25, 0.3) is 0 Å². The molecule has 10 heavy (non-hydrogen) atoms. The minimum atomic E-state index is 0.990. The fourth-order valence-corrected chi connectivity index (χ4v) is 1.21. The molecule has 0 radical (unpaired) electrons. The second kappa shape index (κ2) is 1.94. The van der Waals surface area contributed by atoms with Crippen LogP contribution in [-0.2, 0) is 0 Å². The number of hydrogen-bond acceptors (Lipinski definition) is 3. The molecule has 0 aliphatic carbocycles. The second-order valence-corrected chi connectivity index (χ2v) is 2.74. The van der Waals surface area contributed by atoms with Crippen molar-refractivity contribution in [2.45, 2.75) is 0 Å². The van der Waals surface area contributed by atoms with Gasteiger partial charge in [-0.05, 0) is 0 Å². The zero-order chi connectivity index (χ0) is 6.97. The van der Waals surface area contributed by atoms with Gasteiger partial charge in [0.1, 0.15) is 0 Å². The first-order valence-electron chi connectivity index (χ1n) is 3.41. The Morgan fingerprint density at radius 3 is 2.70 bits per heavy atom. The first-order valence-corrected chi connectivity index (χ1v) is 3.41. The van der Waals surface area contributed by atoms with Crippen molar-refractivity contribution in [1.82, 2.24) is 14.7 Å². The fourth-order valence-electron chi connectivity index (χ4n) is 1.21. The molecule has 2 bridgehead atoms. The summed E-state index contributed by atoms with van der Waals surface area (Å²) in [7, 11) is 2.08. The Morgan fingerprint density at radius 1 is 1.00 bits per heavy atom. The monoisotopic (exact) mass is 137 g/mol. The van der Waals surface area contributed by atoms with E-state index in [1.54, 1.807) is 0 Å². The van der Waals surface area contributed by atoms with E-state index in [0.717, 1.165) is 13.3 Å². The van der Waals surface area contributed by atoms with Gasteiger partial charge in [0.15, 0.2) is 0 Å². The molecule has 0 aromatic carbocycles. The molecule has 3 heteroatoms. The molecular formula is C7H11N3. The molecule has 2 rings (SSSR count). The molecule has 2 aliphatic rings. The summed E-state index contributed by atoms with van der Waals surface area (Å²) < 4.78 is 0. The second-order valence-electron chi connectivity index (χ2n) is 2.74. The largest absolute Gasteiger partial charge is 0.362 e. The van der Waals surface area contributed by atoms with Gasteiger partial charge in [0, 0.05) is 31.8 Å². The smallest absolute Gasteiger partial charge is 0.0953 e. The molecule has 0 aromatic rings. The van der Waals surface area contributed by atoms with E-state index in [2.05, 4.69) is 46.5 Å². The highest BCUT2D eigenvalue weighted by atomic mass is 15.4. The molecule has 54 valence electrons. The van der Waals surface area contributed by atoms with Crippen LogP contribution in [0.15, 0.2) is 24.8 Å². The molecule has 2 heterocycles. The van der Waals surface area contributed by atoms with E-state index < -0.39 is 0 Å². The average Bonchev–Trinajstić information content (AvgIpc) is 2.22. The summed E-state index contributed by atoms with van der Waals surface area (Å²) in [4.78, 5) is 6.56. The van der Waals surface area contributed by atoms with Crippen LogP contribution in [0.5, 0.6) is 0 Å². The molecule has 0 atom stereocenters. The molecule has 0 aromatic heterocycles. The molecule has 3 nitrogen and oxygen atoms in total. The van der Waals surface area contributed by atoms with Gasteiger partial charge in [-0.25, -0.2) is 0 Å². The summed E-state index contributed by atoms with van der Waals surface area (Å²) >= 11 is 0. The minimum Gasteiger partial charge on any atom is -0.362 e. The van der Waals surface area contributed by atoms with Crippen molar-refractivity contribution in [2.75, 3.05) is 20.4 Å². The molecule has 0 saturated heterocycles. The lowest BCUT2D eigenvalue weighted by Gasteiger charge is -2.19. The Labute approximate surface area is 60.8 Å². The van der Waals surface area contributed by atoms with Crippen LogP contribution in [0.3, 0.4) is 0 Å². The van der Waals surface area contributed by atoms with Crippen LogP contribution in [0.2, 0.25) is 0 Å². The van der Waals surface area contributed by atoms with Crippen LogP contribution in [0.1, 0.15) is 0 Å². The lowest BCUT2D eigenvalue weighted by Crippen LogP contribution is -2.27. The average molecular weight is 137 g/mol. The highest BCUT2D eigenvalue weighted by molar-refractivity contribution is 5.00. The molecule has 0 spiro atoms. The van der Waals surface area contributed by atoms with Gasteiger partial charge in [0.25, 0.3) is 0 Å². The van der Waals surface area contributed by atoms with Crippen LogP contribution >= 0.6 is 0 Å². The molecule has 0 fully saturated rings. The Morgan fingerprint density at radius 2 is 1.80 bits per heavy atom. The predicted octanol–water partition coefficient (Wildman–Crippen LogP) is 0.407. The van der Waals surface area contributed by atoms with E-state index in [9.17, 15) is 0 Å². The first kappa shape index (κ1) is 5.65. The molecule has 0 amide bonds. The third-order valence-corrected chi connectivity index (χ3v) is 1.73. The van der Waals surface area contributed by atoms with E-state index in [0.29, 0.717) is 0 Å². The lowest BCUT2D eigenvalue weighted by molar-refractivity contribution is 0.248. The maximum absolute atomic E-state index is 2.25. The summed E-state index contributed by atoms with van der Waals surface area (Å²) in [5.41, 5.74) is 0. The zero-order valence-electron chi connectivity index (χ0n) is 6.07. The van der Waals surface area contributed by atoms with Crippen LogP contribution < -0.4 is 0 Å². The van der Waals surface area contributed by atoms with Crippen molar-refractivity contribution in [2.24, 2.45) is 0 Å². The van der Waals surface area contributed by atoms with Gasteiger partial charge < -0.3 is 14.7 Å². The maximum Gasteiger partial charge on any atom is 0.0953 e. The summed E-state index contributed by atoms with van der Waals surface area (Å²) in [6.07, 6.45) is 8.37. The standard InChI is InChI=1S/C7H11N3/c1-8-2-3-9-4-5-10(6-8)7-9/h2-5H,6-7H2,1H3. The maximum atomic E-state index is 2.25. The normalized spacial score (nSPS) is 22.3. The van der Waals surface area contributed by atoms with Crippen molar-refractivity contribution in [3.8, 4) is 0 Å². The van der Waals surface area contributed by atoms with Gasteiger partial charge in [-0.1, -0.05) is 0 Å². The van der Waals surface area contributed by atoms with E-state index in [-0.39, 0.29) is 0 Å². The Balaban J connectivity index is 2.18. The fraction of sp³-hybridized carbons (Fsp3) is 0.429. The number of rotatable bonds is 0. The topological polar surface area (TPSA) is 9.72 Å². The van der Waals surface area contributed by atoms with Crippen molar-refractivity contribution in [3.05, 3.63) is 24.8 Å². The van der Waals surface area contributed by atoms with Gasteiger partial charge >= 0.3 is 0 Å². The number of nitrogens with zero attached hydrogens (tertiary/aromatic N) is 3. The Bertz CT molecular complexity index is 185. The van der Waals surface area contributed by atoms with Crippen LogP contribution in [-0.4, -0.2) is 35.1 Å². The van der Waals surface area contributed by atoms with Gasteiger partial charge in [-0.15, -0.1) is 0 Å². The van der Waals surface area contributed by atoms with E-state index in [1.807, 2.05) is 0 Å². The Kier molecular flexibility index (Phi) is 1.09. The molecule has 2 aliphatic heterocycles. The highest BCUT2D eigenvalue weighted by Crippen LogP contribution is 2.10. The SMILES string of the molecule is CN1C=CN2C=CN(C1)C2. The van der Waals surface area contributed by atoms with Crippen LogP contribution in [0, 0.1) is 0 Å². The van der Waals surface area contributed by atoms with Gasteiger partial charge in [0.2, 0.25) is 0 Å². The number of hydrogen-bond donors (Lipinski definition) is 0. The summed E-state index contributed by atoms with van der Waals surface area (Å²) in [5.74, 6) is 0. The summed E-state index contributed by atoms with van der Waals surface area (Å²) in [6.45, 7) is 1.99. The third kappa shape index (κ3) is 0.835. The van der Waals surface area contributed by atoms with Crippen molar-refractivity contribution in [1.29, 1.82) is 0 Å². The summed E-state index contributed by atoms with van der Waals surface area (Å²) in [5, 5.41) is 0. The third-order valence-electron chi connectivity index (χ3n) is 1.73. The predicted molar refractivity (Wildman–Crippen MR) is 39.5 cm³/mol. The Hall–Kier alpha value is -1.12. The summed E-state index contributed by atoms with van der Waals surface area (Å²) in [6, 6.07) is 0. The van der Waals surface area contributed by atoms with E-state index >= 15 is 0 Å². The molecule has 0 N–H and O–H groups in total. The molecule has 0 saturated carbocycles. The van der Waals surface area contributed by atoms with E-state index in [4.69, 9.17) is 0 Å².